The van der Waals surface area contributed by atoms with Gasteiger partial charge in [-0.2, -0.15) is 0 Å². The van der Waals surface area contributed by atoms with Gasteiger partial charge in [0.05, 0.1) is 6.54 Å². The molecular formula is C23H30N2O6. The second-order valence-electron chi connectivity index (χ2n) is 8.18. The molecule has 0 aliphatic carbocycles. The summed E-state index contributed by atoms with van der Waals surface area (Å²) >= 11 is 0. The van der Waals surface area contributed by atoms with Crippen LogP contribution in [0.1, 0.15) is 80.6 Å². The van der Waals surface area contributed by atoms with Crippen LogP contribution in [0.4, 0.5) is 0 Å². The largest absolute Gasteiger partial charge is 0.479 e. The van der Waals surface area contributed by atoms with E-state index in [1.165, 1.54) is 11.3 Å². The van der Waals surface area contributed by atoms with Crippen molar-refractivity contribution >= 4 is 23.7 Å². The number of imide groups is 1. The summed E-state index contributed by atoms with van der Waals surface area (Å²) in [5.41, 5.74) is 0.998. The van der Waals surface area contributed by atoms with Crippen molar-refractivity contribution in [2.75, 3.05) is 0 Å². The third-order valence-corrected chi connectivity index (χ3v) is 5.90. The molecule has 0 aromatic heterocycles. The lowest BCUT2D eigenvalue weighted by molar-refractivity contribution is -0.145. The average molecular weight is 431 g/mol. The predicted octanol–water partition coefficient (Wildman–Crippen LogP) is 3.03. The molecule has 1 saturated heterocycles. The van der Waals surface area contributed by atoms with E-state index in [-0.39, 0.29) is 31.2 Å². The molecule has 3 amide bonds. The van der Waals surface area contributed by atoms with E-state index in [1.807, 2.05) is 0 Å². The maximum absolute atomic E-state index is 12.9. The van der Waals surface area contributed by atoms with Crippen molar-refractivity contribution in [1.29, 1.82) is 0 Å². The zero-order valence-corrected chi connectivity index (χ0v) is 17.9. The number of benzene rings is 1. The highest BCUT2D eigenvalue weighted by atomic mass is 16.5. The summed E-state index contributed by atoms with van der Waals surface area (Å²) in [5.74, 6) is -1.80. The van der Waals surface area contributed by atoms with Gasteiger partial charge in [-0.05, 0) is 31.4 Å². The van der Waals surface area contributed by atoms with Crippen LogP contribution in [0.25, 0.3) is 0 Å². The molecule has 8 nitrogen and oxygen atoms in total. The minimum absolute atomic E-state index is 0.153. The number of hydrogen-bond acceptors (Lipinski definition) is 5. The molecule has 2 atom stereocenters. The van der Waals surface area contributed by atoms with Crippen LogP contribution in [0.2, 0.25) is 0 Å². The molecule has 2 unspecified atom stereocenters. The molecule has 8 heteroatoms. The molecule has 0 spiro atoms. The maximum atomic E-state index is 12.9. The first-order valence-electron chi connectivity index (χ1n) is 11.1. The molecule has 2 aliphatic rings. The van der Waals surface area contributed by atoms with E-state index in [4.69, 9.17) is 4.74 Å². The van der Waals surface area contributed by atoms with Gasteiger partial charge in [0.15, 0.2) is 6.10 Å². The second-order valence-corrected chi connectivity index (χ2v) is 8.18. The average Bonchev–Trinajstić information content (AvgIpc) is 3.07. The predicted molar refractivity (Wildman–Crippen MR) is 113 cm³/mol. The zero-order valence-electron chi connectivity index (χ0n) is 17.9. The smallest absolute Gasteiger partial charge is 0.344 e. The summed E-state index contributed by atoms with van der Waals surface area (Å²) in [6.07, 6.45) is 6.17. The Morgan fingerprint density at radius 2 is 1.94 bits per heavy atom. The fourth-order valence-electron chi connectivity index (χ4n) is 4.16. The number of carbonyl (C=O) groups is 4. The lowest BCUT2D eigenvalue weighted by atomic mass is 10.0. The van der Waals surface area contributed by atoms with Crippen LogP contribution in [0.15, 0.2) is 18.2 Å². The SMILES string of the molecule is CCCCCCCCC(Oc1cccc2c1CN(C1CCC(=O)NC1=O)C2=O)C(=O)O. The highest BCUT2D eigenvalue weighted by Gasteiger charge is 2.40. The van der Waals surface area contributed by atoms with Gasteiger partial charge in [-0.3, -0.25) is 19.7 Å². The monoisotopic (exact) mass is 430 g/mol. The van der Waals surface area contributed by atoms with Crippen LogP contribution in [0.3, 0.4) is 0 Å². The number of piperidine rings is 1. The Bertz CT molecular complexity index is 852. The molecule has 1 aromatic rings. The van der Waals surface area contributed by atoms with E-state index in [0.29, 0.717) is 23.3 Å². The number of carboxylic acids is 1. The maximum Gasteiger partial charge on any atom is 0.344 e. The first kappa shape index (κ1) is 22.8. The molecular weight excluding hydrogens is 400 g/mol. The Labute approximate surface area is 181 Å². The fourth-order valence-corrected chi connectivity index (χ4v) is 4.16. The molecule has 31 heavy (non-hydrogen) atoms. The molecule has 0 radical (unpaired) electrons. The van der Waals surface area contributed by atoms with Gasteiger partial charge in [-0.1, -0.05) is 45.1 Å². The third kappa shape index (κ3) is 5.42. The van der Waals surface area contributed by atoms with Crippen LogP contribution in [-0.4, -0.2) is 45.8 Å². The molecule has 0 bridgehead atoms. The van der Waals surface area contributed by atoms with Gasteiger partial charge in [0, 0.05) is 17.5 Å². The normalized spacial score (nSPS) is 19.2. The van der Waals surface area contributed by atoms with E-state index >= 15 is 0 Å². The number of rotatable bonds is 11. The van der Waals surface area contributed by atoms with Crippen molar-refractivity contribution in [2.24, 2.45) is 0 Å². The molecule has 2 N–H and O–H groups in total. The topological polar surface area (TPSA) is 113 Å². The van der Waals surface area contributed by atoms with E-state index in [2.05, 4.69) is 12.2 Å². The van der Waals surface area contributed by atoms with Crippen LogP contribution in [-0.2, 0) is 20.9 Å². The van der Waals surface area contributed by atoms with Crippen LogP contribution < -0.4 is 10.1 Å². The van der Waals surface area contributed by atoms with Gasteiger partial charge in [-0.15, -0.1) is 0 Å². The molecule has 2 aliphatic heterocycles. The number of ether oxygens (including phenoxy) is 1. The van der Waals surface area contributed by atoms with Crippen molar-refractivity contribution in [2.45, 2.75) is 83.4 Å². The summed E-state index contributed by atoms with van der Waals surface area (Å²) < 4.78 is 5.84. The van der Waals surface area contributed by atoms with Gasteiger partial charge in [0.2, 0.25) is 11.8 Å². The standard InChI is InChI=1S/C23H30N2O6/c1-2-3-4-5-6-7-10-19(23(29)30)31-18-11-8-9-15-16(18)14-25(22(15)28)17-12-13-20(26)24-21(17)27/h8-9,11,17,19H,2-7,10,12-14H2,1H3,(H,29,30)(H,24,26,27). The number of amides is 3. The molecule has 3 rings (SSSR count). The van der Waals surface area contributed by atoms with Gasteiger partial charge in [0.25, 0.3) is 5.91 Å². The highest BCUT2D eigenvalue weighted by molar-refractivity contribution is 6.05. The number of fused-ring (bicyclic) bond motifs is 1. The van der Waals surface area contributed by atoms with Gasteiger partial charge in [0.1, 0.15) is 11.8 Å². The van der Waals surface area contributed by atoms with Crippen molar-refractivity contribution in [3.8, 4) is 5.75 Å². The lowest BCUT2D eigenvalue weighted by Crippen LogP contribution is -2.52. The summed E-state index contributed by atoms with van der Waals surface area (Å²) in [6, 6.07) is 4.25. The number of nitrogens with zero attached hydrogens (tertiary/aromatic N) is 1. The van der Waals surface area contributed by atoms with Crippen LogP contribution in [0.5, 0.6) is 5.75 Å². The second kappa shape index (κ2) is 10.4. The molecule has 1 aromatic carbocycles. The van der Waals surface area contributed by atoms with Crippen molar-refractivity contribution in [1.82, 2.24) is 10.2 Å². The Kier molecular flexibility index (Phi) is 7.65. The number of nitrogens with one attached hydrogen (secondary N) is 1. The first-order valence-corrected chi connectivity index (χ1v) is 11.1. The van der Waals surface area contributed by atoms with E-state index in [1.54, 1.807) is 18.2 Å². The van der Waals surface area contributed by atoms with E-state index < -0.39 is 24.0 Å². The van der Waals surface area contributed by atoms with Crippen molar-refractivity contribution in [3.05, 3.63) is 29.3 Å². The summed E-state index contributed by atoms with van der Waals surface area (Å²) in [5, 5.41) is 11.9. The van der Waals surface area contributed by atoms with Gasteiger partial charge < -0.3 is 14.7 Å². The highest BCUT2D eigenvalue weighted by Crippen LogP contribution is 2.34. The number of hydrogen-bond donors (Lipinski definition) is 2. The molecule has 1 fully saturated rings. The van der Waals surface area contributed by atoms with E-state index in [0.717, 1.165) is 32.1 Å². The Hall–Kier alpha value is -2.90. The minimum Gasteiger partial charge on any atom is -0.479 e. The van der Waals surface area contributed by atoms with Crippen LogP contribution in [0, 0.1) is 0 Å². The molecule has 0 saturated carbocycles. The number of aliphatic carboxylic acids is 1. The van der Waals surface area contributed by atoms with Crippen molar-refractivity contribution in [3.63, 3.8) is 0 Å². The summed E-state index contributed by atoms with van der Waals surface area (Å²) in [4.78, 5) is 49.7. The molecule has 168 valence electrons. The zero-order chi connectivity index (χ0) is 22.4. The lowest BCUT2D eigenvalue weighted by Gasteiger charge is -2.29. The van der Waals surface area contributed by atoms with Crippen molar-refractivity contribution < 1.29 is 29.0 Å². The Morgan fingerprint density at radius 1 is 1.19 bits per heavy atom. The Morgan fingerprint density at radius 3 is 2.65 bits per heavy atom. The third-order valence-electron chi connectivity index (χ3n) is 5.90. The number of carbonyl (C=O) groups excluding carboxylic acids is 3. The fraction of sp³-hybridized carbons (Fsp3) is 0.565. The number of carboxylic acid groups (broad SMARTS) is 1. The first-order chi connectivity index (χ1) is 14.9. The van der Waals surface area contributed by atoms with Crippen LogP contribution >= 0.6 is 0 Å². The quantitative estimate of drug-likeness (QED) is 0.412. The molecule has 2 heterocycles. The van der Waals surface area contributed by atoms with Gasteiger partial charge in [-0.25, -0.2) is 4.79 Å². The van der Waals surface area contributed by atoms with E-state index in [9.17, 15) is 24.3 Å². The Balaban J connectivity index is 1.67. The number of unbranched alkanes of at least 4 members (excludes halogenated alkanes) is 5. The minimum atomic E-state index is -1.03. The summed E-state index contributed by atoms with van der Waals surface area (Å²) in [7, 11) is 0. The van der Waals surface area contributed by atoms with Gasteiger partial charge >= 0.3 is 5.97 Å². The summed E-state index contributed by atoms with van der Waals surface area (Å²) in [6.45, 7) is 2.30.